The van der Waals surface area contributed by atoms with Gasteiger partial charge in [0.15, 0.2) is 0 Å². The molecule has 4 nitrogen and oxygen atoms in total. The van der Waals surface area contributed by atoms with Gasteiger partial charge in [0.05, 0.1) is 18.0 Å². The van der Waals surface area contributed by atoms with Crippen LogP contribution in [0.15, 0.2) is 59.8 Å². The number of hydrogen-bond donors (Lipinski definition) is 1. The van der Waals surface area contributed by atoms with E-state index in [0.717, 1.165) is 27.8 Å². The van der Waals surface area contributed by atoms with Crippen LogP contribution in [0.1, 0.15) is 37.9 Å². The predicted molar refractivity (Wildman–Crippen MR) is 112 cm³/mol. The van der Waals surface area contributed by atoms with E-state index < -0.39 is 0 Å². The first-order valence-electron chi connectivity index (χ1n) is 9.24. The minimum absolute atomic E-state index is 0.00603. The van der Waals surface area contributed by atoms with E-state index in [4.69, 9.17) is 0 Å². The van der Waals surface area contributed by atoms with Crippen molar-refractivity contribution in [2.24, 2.45) is 5.92 Å². The van der Waals surface area contributed by atoms with Gasteiger partial charge in [-0.2, -0.15) is 5.10 Å². The maximum absolute atomic E-state index is 12.4. The second-order valence-electron chi connectivity index (χ2n) is 7.15. The summed E-state index contributed by atoms with van der Waals surface area (Å²) in [6.07, 6.45) is 2.81. The summed E-state index contributed by atoms with van der Waals surface area (Å²) in [5, 5.41) is 14.1. The van der Waals surface area contributed by atoms with Gasteiger partial charge in [-0.3, -0.25) is 4.79 Å². The van der Waals surface area contributed by atoms with Gasteiger partial charge in [0, 0.05) is 10.8 Å². The smallest absolute Gasteiger partial charge is 0.230 e. The van der Waals surface area contributed by atoms with Crippen LogP contribution >= 0.6 is 11.8 Å². The fourth-order valence-corrected chi connectivity index (χ4v) is 3.82. The number of nitrogens with one attached hydrogen (secondary N) is 1. The molecule has 1 aromatic heterocycles. The Kier molecular flexibility index (Phi) is 6.45. The van der Waals surface area contributed by atoms with Gasteiger partial charge in [0.1, 0.15) is 5.03 Å². The largest absolute Gasteiger partial charge is 0.349 e. The number of carbonyl (C=O) groups excluding carboxylic acids is 1. The number of thioether (sulfide) groups is 1. The Morgan fingerprint density at radius 1 is 1.07 bits per heavy atom. The van der Waals surface area contributed by atoms with Crippen molar-refractivity contribution in [3.05, 3.63) is 65.9 Å². The molecular formula is C22H25N3OS. The van der Waals surface area contributed by atoms with Gasteiger partial charge >= 0.3 is 0 Å². The van der Waals surface area contributed by atoms with Crippen LogP contribution < -0.4 is 5.32 Å². The summed E-state index contributed by atoms with van der Waals surface area (Å²) in [6, 6.07) is 16.4. The second-order valence-corrected chi connectivity index (χ2v) is 8.12. The number of benzene rings is 2. The number of carbonyl (C=O) groups is 1. The van der Waals surface area contributed by atoms with Crippen molar-refractivity contribution in [2.75, 3.05) is 5.75 Å². The summed E-state index contributed by atoms with van der Waals surface area (Å²) in [4.78, 5) is 12.4. The summed E-state index contributed by atoms with van der Waals surface area (Å²) >= 11 is 1.42. The molecule has 0 bridgehead atoms. The Morgan fingerprint density at radius 2 is 1.81 bits per heavy atom. The first-order chi connectivity index (χ1) is 13.0. The fourth-order valence-electron chi connectivity index (χ4n) is 3.02. The SMILES string of the molecule is CC(C)Cc1ccc(C(C)NC(=O)CSc2nncc3ccccc23)cc1. The van der Waals surface area contributed by atoms with Crippen LogP contribution in [-0.2, 0) is 11.2 Å². The molecule has 5 heteroatoms. The number of rotatable bonds is 7. The van der Waals surface area contributed by atoms with E-state index in [0.29, 0.717) is 11.7 Å². The average Bonchev–Trinajstić information content (AvgIpc) is 2.66. The lowest BCUT2D eigenvalue weighted by atomic mass is 10.00. The zero-order valence-corrected chi connectivity index (χ0v) is 16.8. The molecule has 0 aliphatic heterocycles. The van der Waals surface area contributed by atoms with Crippen molar-refractivity contribution >= 4 is 28.4 Å². The zero-order valence-electron chi connectivity index (χ0n) is 16.0. The molecule has 0 fully saturated rings. The van der Waals surface area contributed by atoms with E-state index in [1.165, 1.54) is 17.3 Å². The van der Waals surface area contributed by atoms with E-state index in [1.807, 2.05) is 31.2 Å². The molecule has 0 radical (unpaired) electrons. The highest BCUT2D eigenvalue weighted by molar-refractivity contribution is 8.00. The third-order valence-electron chi connectivity index (χ3n) is 4.38. The molecule has 1 amide bonds. The first-order valence-corrected chi connectivity index (χ1v) is 10.2. The van der Waals surface area contributed by atoms with Crippen molar-refractivity contribution in [2.45, 2.75) is 38.3 Å². The van der Waals surface area contributed by atoms with Gasteiger partial charge in [-0.05, 0) is 30.4 Å². The molecule has 1 heterocycles. The van der Waals surface area contributed by atoms with Gasteiger partial charge < -0.3 is 5.32 Å². The first kappa shape index (κ1) is 19.4. The maximum Gasteiger partial charge on any atom is 0.230 e. The van der Waals surface area contributed by atoms with Gasteiger partial charge in [0.2, 0.25) is 5.91 Å². The Morgan fingerprint density at radius 3 is 2.56 bits per heavy atom. The van der Waals surface area contributed by atoms with E-state index in [9.17, 15) is 4.79 Å². The number of fused-ring (bicyclic) bond motifs is 1. The molecule has 0 aliphatic rings. The van der Waals surface area contributed by atoms with E-state index in [2.05, 4.69) is 53.6 Å². The topological polar surface area (TPSA) is 54.9 Å². The van der Waals surface area contributed by atoms with E-state index >= 15 is 0 Å². The average molecular weight is 380 g/mol. The fraction of sp³-hybridized carbons (Fsp3) is 0.318. The van der Waals surface area contributed by atoms with Gasteiger partial charge in [-0.25, -0.2) is 0 Å². The highest BCUT2D eigenvalue weighted by atomic mass is 32.2. The minimum atomic E-state index is -0.0233. The van der Waals surface area contributed by atoms with Crippen LogP contribution in [0.5, 0.6) is 0 Å². The number of aromatic nitrogens is 2. The normalized spacial score (nSPS) is 12.3. The Labute approximate surface area is 164 Å². The number of nitrogens with zero attached hydrogens (tertiary/aromatic N) is 2. The zero-order chi connectivity index (χ0) is 19.2. The van der Waals surface area contributed by atoms with Crippen molar-refractivity contribution in [1.82, 2.24) is 15.5 Å². The van der Waals surface area contributed by atoms with Gasteiger partial charge in [-0.1, -0.05) is 74.1 Å². The molecule has 1 unspecified atom stereocenters. The molecule has 3 rings (SSSR count). The van der Waals surface area contributed by atoms with Crippen molar-refractivity contribution in [3.8, 4) is 0 Å². The highest BCUT2D eigenvalue weighted by Crippen LogP contribution is 2.24. The standard InChI is InChI=1S/C22H25N3OS/c1-15(2)12-17-8-10-18(11-9-17)16(3)24-21(26)14-27-22-20-7-5-4-6-19(20)13-23-25-22/h4-11,13,15-16H,12,14H2,1-3H3,(H,24,26). The van der Waals surface area contributed by atoms with E-state index in [-0.39, 0.29) is 11.9 Å². The quantitative estimate of drug-likeness (QED) is 0.599. The van der Waals surface area contributed by atoms with Crippen LogP contribution in [0.2, 0.25) is 0 Å². The molecule has 3 aromatic rings. The lowest BCUT2D eigenvalue weighted by Gasteiger charge is -2.15. The lowest BCUT2D eigenvalue weighted by Crippen LogP contribution is -2.28. The molecule has 0 spiro atoms. The molecule has 1 N–H and O–H groups in total. The molecular weight excluding hydrogens is 354 g/mol. The van der Waals surface area contributed by atoms with Crippen LogP contribution in [0.4, 0.5) is 0 Å². The summed E-state index contributed by atoms with van der Waals surface area (Å²) in [6.45, 7) is 6.45. The molecule has 0 aliphatic carbocycles. The Hall–Kier alpha value is -2.40. The second kappa shape index (κ2) is 9.00. The molecule has 27 heavy (non-hydrogen) atoms. The van der Waals surface area contributed by atoms with Crippen LogP contribution in [-0.4, -0.2) is 21.9 Å². The number of hydrogen-bond acceptors (Lipinski definition) is 4. The van der Waals surface area contributed by atoms with E-state index in [1.54, 1.807) is 6.20 Å². The summed E-state index contributed by atoms with van der Waals surface area (Å²) in [5.41, 5.74) is 2.45. The van der Waals surface area contributed by atoms with Crippen molar-refractivity contribution in [1.29, 1.82) is 0 Å². The molecule has 0 saturated heterocycles. The predicted octanol–water partition coefficient (Wildman–Crippen LogP) is 4.80. The van der Waals surface area contributed by atoms with Crippen molar-refractivity contribution in [3.63, 3.8) is 0 Å². The van der Waals surface area contributed by atoms with Gasteiger partial charge in [-0.15, -0.1) is 5.10 Å². The lowest BCUT2D eigenvalue weighted by molar-refractivity contribution is -0.119. The number of amides is 1. The third-order valence-corrected chi connectivity index (χ3v) is 5.36. The summed E-state index contributed by atoms with van der Waals surface area (Å²) in [7, 11) is 0. The van der Waals surface area contributed by atoms with Crippen molar-refractivity contribution < 1.29 is 4.79 Å². The Bertz CT molecular complexity index is 904. The summed E-state index contributed by atoms with van der Waals surface area (Å²) < 4.78 is 0. The highest BCUT2D eigenvalue weighted by Gasteiger charge is 2.12. The minimum Gasteiger partial charge on any atom is -0.349 e. The van der Waals surface area contributed by atoms with Crippen LogP contribution in [0.25, 0.3) is 10.8 Å². The molecule has 0 saturated carbocycles. The third kappa shape index (κ3) is 5.30. The Balaban J connectivity index is 1.57. The summed E-state index contributed by atoms with van der Waals surface area (Å²) in [5.74, 6) is 0.953. The monoisotopic (exact) mass is 379 g/mol. The van der Waals surface area contributed by atoms with Gasteiger partial charge in [0.25, 0.3) is 0 Å². The molecule has 140 valence electrons. The molecule has 2 aromatic carbocycles. The maximum atomic E-state index is 12.4. The van der Waals surface area contributed by atoms with Crippen LogP contribution in [0, 0.1) is 5.92 Å². The molecule has 1 atom stereocenters. The van der Waals surface area contributed by atoms with Crippen LogP contribution in [0.3, 0.4) is 0 Å².